The van der Waals surface area contributed by atoms with Gasteiger partial charge in [-0.1, -0.05) is 18.2 Å². The normalized spacial score (nSPS) is 20.6. The van der Waals surface area contributed by atoms with Gasteiger partial charge in [-0.25, -0.2) is 23.4 Å². The molecule has 1 saturated heterocycles. The van der Waals surface area contributed by atoms with Crippen LogP contribution in [0.5, 0.6) is 0 Å². The number of nitrogens with one attached hydrogen (secondary N) is 2. The lowest BCUT2D eigenvalue weighted by Gasteiger charge is -2.33. The topological polar surface area (TPSA) is 122 Å². The number of hydrogen-bond donors (Lipinski definition) is 2. The number of carbonyl (C=O) groups excluding carboxylic acids is 2. The van der Waals surface area contributed by atoms with Crippen LogP contribution in [0.1, 0.15) is 93.6 Å². The van der Waals surface area contributed by atoms with Crippen LogP contribution in [0, 0.1) is 11.6 Å². The molecule has 1 aliphatic carbocycles. The zero-order valence-corrected chi connectivity index (χ0v) is 26.1. The van der Waals surface area contributed by atoms with Gasteiger partial charge in [-0.2, -0.15) is 0 Å². The number of imidazole rings is 1. The summed E-state index contributed by atoms with van der Waals surface area (Å²) in [6.07, 6.45) is 4.84. The molecule has 1 aliphatic heterocycles. The second-order valence-corrected chi connectivity index (χ2v) is 13.1. The lowest BCUT2D eigenvalue weighted by atomic mass is 9.85. The molecule has 4 heterocycles. The number of H-pyrrole nitrogens is 1. The minimum absolute atomic E-state index is 0.0416. The summed E-state index contributed by atoms with van der Waals surface area (Å²) >= 11 is 0. The highest BCUT2D eigenvalue weighted by Crippen LogP contribution is 2.45. The average Bonchev–Trinajstić information content (AvgIpc) is 3.28. The van der Waals surface area contributed by atoms with Gasteiger partial charge >= 0.3 is 11.8 Å². The van der Waals surface area contributed by atoms with E-state index in [4.69, 9.17) is 4.74 Å². The number of fused-ring (bicyclic) bond motifs is 2. The first-order valence-corrected chi connectivity index (χ1v) is 15.7. The van der Waals surface area contributed by atoms with Crippen LogP contribution >= 0.6 is 0 Å². The van der Waals surface area contributed by atoms with Gasteiger partial charge in [0.2, 0.25) is 5.91 Å². The Morgan fingerprint density at radius 2 is 1.70 bits per heavy atom. The van der Waals surface area contributed by atoms with Crippen molar-refractivity contribution in [3.8, 4) is 0 Å². The van der Waals surface area contributed by atoms with Crippen molar-refractivity contribution in [1.82, 2.24) is 29.7 Å². The molecule has 2 N–H and O–H groups in total. The van der Waals surface area contributed by atoms with Crippen molar-refractivity contribution in [3.63, 3.8) is 0 Å². The summed E-state index contributed by atoms with van der Waals surface area (Å²) in [5, 5.41) is 2.92. The lowest BCUT2D eigenvalue weighted by Crippen LogP contribution is -2.41. The number of rotatable bonds is 5. The Morgan fingerprint density at radius 3 is 2.46 bits per heavy atom. The molecule has 12 heteroatoms. The number of aromatic amines is 1. The molecule has 3 aromatic heterocycles. The van der Waals surface area contributed by atoms with Crippen molar-refractivity contribution >= 4 is 23.2 Å². The Labute approximate surface area is 265 Å². The van der Waals surface area contributed by atoms with Gasteiger partial charge < -0.3 is 15.0 Å². The standard InChI is InChI=1S/C34H38F2N6O4/c1-34(2,3)46-33(45)39-30-23(22-7-4-9-25(35)28(22)36)12-11-20(29-24(30)8-5-15-37-29)19-27(43)41-17-13-21(14-18-41)42-26-10-6-16-38-31(26)40-32(42)44/h4-10,15-16,20-21,23,30H,11-14,17-19H2,1-3H3,(H,39,45)(H,38,40,44)/t20-,23-,30-/m0/s1. The first-order valence-electron chi connectivity index (χ1n) is 15.7. The highest BCUT2D eigenvalue weighted by atomic mass is 19.2. The number of aromatic nitrogens is 4. The summed E-state index contributed by atoms with van der Waals surface area (Å²) in [5.74, 6) is -2.92. The zero-order chi connectivity index (χ0) is 32.6. The third kappa shape index (κ3) is 6.38. The number of piperidine rings is 1. The van der Waals surface area contributed by atoms with E-state index < -0.39 is 35.3 Å². The van der Waals surface area contributed by atoms with E-state index in [0.29, 0.717) is 55.7 Å². The number of amides is 2. The van der Waals surface area contributed by atoms with E-state index in [0.717, 1.165) is 11.6 Å². The number of nitrogens with zero attached hydrogens (tertiary/aromatic N) is 4. The fourth-order valence-corrected chi connectivity index (χ4v) is 6.92. The molecular weight excluding hydrogens is 594 g/mol. The number of likely N-dealkylation sites (tertiary alicyclic amines) is 1. The summed E-state index contributed by atoms with van der Waals surface area (Å²) in [6.45, 7) is 6.23. The van der Waals surface area contributed by atoms with Crippen LogP contribution in [0.25, 0.3) is 11.2 Å². The van der Waals surface area contributed by atoms with E-state index in [-0.39, 0.29) is 35.5 Å². The Hall–Kier alpha value is -4.61. The van der Waals surface area contributed by atoms with Gasteiger partial charge in [-0.15, -0.1) is 0 Å². The number of carbonyl (C=O) groups is 2. The van der Waals surface area contributed by atoms with Crippen molar-refractivity contribution in [2.75, 3.05) is 13.1 Å². The number of pyridine rings is 2. The minimum Gasteiger partial charge on any atom is -0.444 e. The molecule has 2 aliphatic rings. The van der Waals surface area contributed by atoms with Gasteiger partial charge in [-0.3, -0.25) is 19.3 Å². The second kappa shape index (κ2) is 12.6. The maximum Gasteiger partial charge on any atom is 0.408 e. The Bertz CT molecular complexity index is 1810. The van der Waals surface area contributed by atoms with E-state index in [9.17, 15) is 18.8 Å². The second-order valence-electron chi connectivity index (χ2n) is 13.1. The zero-order valence-electron chi connectivity index (χ0n) is 26.1. The number of halogens is 2. The van der Waals surface area contributed by atoms with Crippen molar-refractivity contribution in [2.45, 2.75) is 82.4 Å². The van der Waals surface area contributed by atoms with Crippen LogP contribution in [-0.4, -0.2) is 55.1 Å². The molecule has 4 aromatic rings. The highest BCUT2D eigenvalue weighted by molar-refractivity contribution is 5.77. The Morgan fingerprint density at radius 1 is 0.978 bits per heavy atom. The number of benzene rings is 1. The van der Waals surface area contributed by atoms with E-state index in [1.165, 1.54) is 12.1 Å². The third-order valence-corrected chi connectivity index (χ3v) is 8.97. The van der Waals surface area contributed by atoms with Crippen molar-refractivity contribution in [1.29, 1.82) is 0 Å². The third-order valence-electron chi connectivity index (χ3n) is 8.97. The molecule has 1 fully saturated rings. The Balaban J connectivity index is 1.23. The molecule has 46 heavy (non-hydrogen) atoms. The van der Waals surface area contributed by atoms with Gasteiger partial charge in [-0.05, 0) is 81.8 Å². The van der Waals surface area contributed by atoms with Crippen LogP contribution in [0.3, 0.4) is 0 Å². The molecule has 6 rings (SSSR count). The van der Waals surface area contributed by atoms with E-state index in [2.05, 4.69) is 20.3 Å². The fourth-order valence-electron chi connectivity index (χ4n) is 6.92. The fraction of sp³-hybridized carbons (Fsp3) is 0.441. The van der Waals surface area contributed by atoms with Crippen LogP contribution in [0.15, 0.2) is 59.7 Å². The molecular formula is C34H38F2N6O4. The summed E-state index contributed by atoms with van der Waals surface area (Å²) in [5.41, 5.74) is 1.74. The summed E-state index contributed by atoms with van der Waals surface area (Å²) in [4.78, 5) is 53.0. The molecule has 2 amide bonds. The predicted molar refractivity (Wildman–Crippen MR) is 167 cm³/mol. The molecule has 242 valence electrons. The summed E-state index contributed by atoms with van der Waals surface area (Å²) < 4.78 is 37.0. The van der Waals surface area contributed by atoms with Crippen LogP contribution < -0.4 is 11.0 Å². The summed E-state index contributed by atoms with van der Waals surface area (Å²) in [6, 6.07) is 10.4. The highest BCUT2D eigenvalue weighted by Gasteiger charge is 2.38. The van der Waals surface area contributed by atoms with Gasteiger partial charge in [0.25, 0.3) is 0 Å². The number of hydrogen-bond acceptors (Lipinski definition) is 6. The van der Waals surface area contributed by atoms with Gasteiger partial charge in [0.1, 0.15) is 5.60 Å². The lowest BCUT2D eigenvalue weighted by molar-refractivity contribution is -0.133. The minimum atomic E-state index is -0.967. The van der Waals surface area contributed by atoms with Gasteiger partial charge in [0.05, 0.1) is 11.6 Å². The van der Waals surface area contributed by atoms with E-state index in [1.807, 2.05) is 17.0 Å². The molecule has 1 aromatic carbocycles. The average molecular weight is 633 g/mol. The monoisotopic (exact) mass is 632 g/mol. The van der Waals surface area contributed by atoms with Gasteiger partial charge in [0, 0.05) is 55.5 Å². The number of alkyl carbamates (subject to hydrolysis) is 1. The van der Waals surface area contributed by atoms with E-state index in [1.54, 1.807) is 49.9 Å². The van der Waals surface area contributed by atoms with Crippen LogP contribution in [0.2, 0.25) is 0 Å². The van der Waals surface area contributed by atoms with E-state index >= 15 is 4.39 Å². The maximum atomic E-state index is 15.2. The van der Waals surface area contributed by atoms with Crippen molar-refractivity contribution < 1.29 is 23.1 Å². The molecule has 0 spiro atoms. The van der Waals surface area contributed by atoms with Crippen molar-refractivity contribution in [3.05, 3.63) is 93.8 Å². The molecule has 0 bridgehead atoms. The SMILES string of the molecule is CC(C)(C)OC(=O)N[C@@H]1c2cccnc2[C@H](CC(=O)N2CCC(n3c(=O)[nH]c4ncccc43)CC2)CC[C@H]1c1cccc(F)c1F. The summed E-state index contributed by atoms with van der Waals surface area (Å²) in [7, 11) is 0. The first kappa shape index (κ1) is 31.4. The molecule has 10 nitrogen and oxygen atoms in total. The molecule has 3 atom stereocenters. The predicted octanol–water partition coefficient (Wildman–Crippen LogP) is 5.88. The van der Waals surface area contributed by atoms with Gasteiger partial charge in [0.15, 0.2) is 17.3 Å². The first-order chi connectivity index (χ1) is 22.0. The quantitative estimate of drug-likeness (QED) is 0.265. The van der Waals surface area contributed by atoms with Crippen LogP contribution in [-0.2, 0) is 9.53 Å². The molecule has 0 unspecified atom stereocenters. The number of ether oxygens (including phenoxy) is 1. The van der Waals surface area contributed by atoms with Crippen LogP contribution in [0.4, 0.5) is 13.6 Å². The van der Waals surface area contributed by atoms with Crippen molar-refractivity contribution in [2.24, 2.45) is 0 Å². The molecule has 0 radical (unpaired) electrons. The molecule has 0 saturated carbocycles. The maximum absolute atomic E-state index is 15.2. The smallest absolute Gasteiger partial charge is 0.408 e. The largest absolute Gasteiger partial charge is 0.444 e. The Kier molecular flexibility index (Phi) is 8.63.